The molecule has 1 atom stereocenters. The molecule has 0 N–H and O–H groups in total. The molecular weight excluding hydrogens is 360 g/mol. The molecule has 1 aromatic carbocycles. The third-order valence-corrected chi connectivity index (χ3v) is 5.44. The Morgan fingerprint density at radius 2 is 1.96 bits per heavy atom. The Morgan fingerprint density at radius 1 is 1.14 bits per heavy atom. The predicted molar refractivity (Wildman–Crippen MR) is 102 cm³/mol. The first-order valence-corrected chi connectivity index (χ1v) is 9.88. The van der Waals surface area contributed by atoms with E-state index in [1.165, 1.54) is 5.56 Å². The van der Waals surface area contributed by atoms with Gasteiger partial charge in [0.05, 0.1) is 19.2 Å². The van der Waals surface area contributed by atoms with Crippen LogP contribution in [-0.2, 0) is 17.8 Å². The minimum absolute atomic E-state index is 0.236. The van der Waals surface area contributed by atoms with E-state index in [1.807, 2.05) is 10.7 Å². The van der Waals surface area contributed by atoms with E-state index >= 15 is 0 Å². The van der Waals surface area contributed by atoms with E-state index in [0.717, 1.165) is 56.5 Å². The van der Waals surface area contributed by atoms with Gasteiger partial charge in [0.15, 0.2) is 17.3 Å². The third-order valence-electron chi connectivity index (χ3n) is 5.44. The first-order chi connectivity index (χ1) is 13.8. The number of methoxy groups -OCH3 is 1. The van der Waals surface area contributed by atoms with Crippen molar-refractivity contribution in [2.24, 2.45) is 0 Å². The van der Waals surface area contributed by atoms with Crippen molar-refractivity contribution in [2.75, 3.05) is 46.7 Å². The quantitative estimate of drug-likeness (QED) is 0.670. The van der Waals surface area contributed by atoms with Crippen molar-refractivity contribution in [3.05, 3.63) is 29.6 Å². The number of nitrogens with zero attached hydrogens (tertiary/aromatic N) is 6. The molecule has 1 fully saturated rings. The number of hydrogen-bond donors (Lipinski definition) is 0. The highest BCUT2D eigenvalue weighted by Gasteiger charge is 2.28. The van der Waals surface area contributed by atoms with Crippen molar-refractivity contribution in [1.29, 1.82) is 0 Å². The Kier molecular flexibility index (Phi) is 6.04. The summed E-state index contributed by atoms with van der Waals surface area (Å²) in [4.78, 5) is 4.97. The summed E-state index contributed by atoms with van der Waals surface area (Å²) >= 11 is 0. The summed E-state index contributed by atoms with van der Waals surface area (Å²) in [5, 5.41) is 12.3. The number of ether oxygens (including phenoxy) is 3. The number of fused-ring (bicyclic) bond motifs is 1. The molecule has 9 heteroatoms. The van der Waals surface area contributed by atoms with Crippen molar-refractivity contribution >= 4 is 0 Å². The fourth-order valence-electron chi connectivity index (χ4n) is 3.92. The van der Waals surface area contributed by atoms with Crippen LogP contribution in [-0.4, -0.2) is 76.7 Å². The highest BCUT2D eigenvalue weighted by atomic mass is 16.7. The molecule has 0 spiro atoms. The Morgan fingerprint density at radius 3 is 2.75 bits per heavy atom. The largest absolute Gasteiger partial charge is 0.454 e. The van der Waals surface area contributed by atoms with Crippen LogP contribution in [0.2, 0.25) is 0 Å². The highest BCUT2D eigenvalue weighted by Crippen LogP contribution is 2.33. The molecule has 0 saturated carbocycles. The SMILES string of the molecule is CCC(c1nnnn1CCOC)N1CCN(Cc2ccc3c(c2)OCO3)CC1. The van der Waals surface area contributed by atoms with Gasteiger partial charge >= 0.3 is 0 Å². The predicted octanol–water partition coefficient (Wildman–Crippen LogP) is 1.32. The smallest absolute Gasteiger partial charge is 0.231 e. The van der Waals surface area contributed by atoms with Crippen LogP contribution < -0.4 is 9.47 Å². The van der Waals surface area contributed by atoms with Crippen LogP contribution in [0.3, 0.4) is 0 Å². The van der Waals surface area contributed by atoms with Crippen molar-refractivity contribution in [3.8, 4) is 11.5 Å². The molecule has 0 aliphatic carbocycles. The summed E-state index contributed by atoms with van der Waals surface area (Å²) in [6.45, 7) is 8.76. The maximum atomic E-state index is 5.49. The molecular formula is C19H28N6O3. The average Bonchev–Trinajstić information content (AvgIpc) is 3.37. The summed E-state index contributed by atoms with van der Waals surface area (Å²) in [7, 11) is 1.70. The molecule has 2 aliphatic heterocycles. The summed E-state index contributed by atoms with van der Waals surface area (Å²) in [6.07, 6.45) is 0.982. The zero-order valence-corrected chi connectivity index (χ0v) is 16.6. The average molecular weight is 388 g/mol. The minimum Gasteiger partial charge on any atom is -0.454 e. The van der Waals surface area contributed by atoms with Crippen molar-refractivity contribution < 1.29 is 14.2 Å². The van der Waals surface area contributed by atoms with Crippen LogP contribution in [0.4, 0.5) is 0 Å². The maximum absolute atomic E-state index is 5.49. The van der Waals surface area contributed by atoms with Gasteiger partial charge in [-0.05, 0) is 34.5 Å². The standard InChI is InChI=1S/C19H28N6O3/c1-3-16(19-20-21-22-25(19)10-11-26-2)24-8-6-23(7-9-24)13-15-4-5-17-18(12-15)28-14-27-17/h4-5,12,16H,3,6-11,13-14H2,1-2H3. The van der Waals surface area contributed by atoms with Crippen molar-refractivity contribution in [3.63, 3.8) is 0 Å². The molecule has 1 saturated heterocycles. The molecule has 0 amide bonds. The second-order valence-corrected chi connectivity index (χ2v) is 7.18. The van der Waals surface area contributed by atoms with E-state index in [4.69, 9.17) is 14.2 Å². The molecule has 9 nitrogen and oxygen atoms in total. The zero-order valence-electron chi connectivity index (χ0n) is 16.6. The maximum Gasteiger partial charge on any atom is 0.231 e. The van der Waals surface area contributed by atoms with E-state index in [2.05, 4.69) is 44.4 Å². The molecule has 1 unspecified atom stereocenters. The molecule has 2 aliphatic rings. The first-order valence-electron chi connectivity index (χ1n) is 9.88. The molecule has 4 rings (SSSR count). The van der Waals surface area contributed by atoms with Gasteiger partial charge < -0.3 is 14.2 Å². The van der Waals surface area contributed by atoms with Gasteiger partial charge in [-0.2, -0.15) is 0 Å². The number of tetrazole rings is 1. The van der Waals surface area contributed by atoms with Crippen LogP contribution in [0.5, 0.6) is 11.5 Å². The molecule has 1 aromatic heterocycles. The van der Waals surface area contributed by atoms with Gasteiger partial charge in [0.25, 0.3) is 0 Å². The molecule has 0 bridgehead atoms. The monoisotopic (exact) mass is 388 g/mol. The van der Waals surface area contributed by atoms with E-state index in [-0.39, 0.29) is 6.04 Å². The lowest BCUT2D eigenvalue weighted by Gasteiger charge is -2.38. The van der Waals surface area contributed by atoms with Gasteiger partial charge in [0.1, 0.15) is 0 Å². The fraction of sp³-hybridized carbons (Fsp3) is 0.632. The highest BCUT2D eigenvalue weighted by molar-refractivity contribution is 5.44. The number of piperazine rings is 1. The first kappa shape index (κ1) is 19.1. The van der Waals surface area contributed by atoms with Crippen LogP contribution in [0, 0.1) is 0 Å². The lowest BCUT2D eigenvalue weighted by Crippen LogP contribution is -2.47. The van der Waals surface area contributed by atoms with Crippen LogP contribution in [0.15, 0.2) is 18.2 Å². The van der Waals surface area contributed by atoms with Gasteiger partial charge in [-0.3, -0.25) is 9.80 Å². The molecule has 2 aromatic rings. The Labute approximate surface area is 165 Å². The van der Waals surface area contributed by atoms with Crippen molar-refractivity contribution in [2.45, 2.75) is 32.5 Å². The Bertz CT molecular complexity index is 775. The van der Waals surface area contributed by atoms with Gasteiger partial charge in [-0.1, -0.05) is 13.0 Å². The topological polar surface area (TPSA) is 77.8 Å². The lowest BCUT2D eigenvalue weighted by molar-refractivity contribution is 0.0830. The normalized spacial score (nSPS) is 18.5. The lowest BCUT2D eigenvalue weighted by atomic mass is 10.1. The van der Waals surface area contributed by atoms with E-state index < -0.39 is 0 Å². The van der Waals surface area contributed by atoms with Crippen LogP contribution in [0.1, 0.15) is 30.8 Å². The van der Waals surface area contributed by atoms with Crippen LogP contribution >= 0.6 is 0 Å². The Hall–Kier alpha value is -2.23. The minimum atomic E-state index is 0.236. The Balaban J connectivity index is 1.34. The summed E-state index contributed by atoms with van der Waals surface area (Å²) in [5.74, 6) is 2.62. The summed E-state index contributed by atoms with van der Waals surface area (Å²) in [6, 6.07) is 6.45. The van der Waals surface area contributed by atoms with Gasteiger partial charge in [0.2, 0.25) is 6.79 Å². The van der Waals surface area contributed by atoms with Gasteiger partial charge in [-0.25, -0.2) is 4.68 Å². The third kappa shape index (κ3) is 4.11. The number of aromatic nitrogens is 4. The second-order valence-electron chi connectivity index (χ2n) is 7.18. The number of rotatable bonds is 8. The van der Waals surface area contributed by atoms with E-state index in [0.29, 0.717) is 19.9 Å². The van der Waals surface area contributed by atoms with E-state index in [1.54, 1.807) is 7.11 Å². The van der Waals surface area contributed by atoms with Crippen molar-refractivity contribution in [1.82, 2.24) is 30.0 Å². The van der Waals surface area contributed by atoms with E-state index in [9.17, 15) is 0 Å². The second kappa shape index (κ2) is 8.85. The molecule has 3 heterocycles. The summed E-state index contributed by atoms with van der Waals surface area (Å²) < 4.78 is 17.9. The molecule has 28 heavy (non-hydrogen) atoms. The van der Waals surface area contributed by atoms with Crippen LogP contribution in [0.25, 0.3) is 0 Å². The fourth-order valence-corrected chi connectivity index (χ4v) is 3.92. The number of hydrogen-bond acceptors (Lipinski definition) is 8. The zero-order chi connectivity index (χ0) is 19.3. The number of benzene rings is 1. The summed E-state index contributed by atoms with van der Waals surface area (Å²) in [5.41, 5.74) is 1.26. The molecule has 0 radical (unpaired) electrons. The van der Waals surface area contributed by atoms with Gasteiger partial charge in [0, 0.05) is 39.8 Å². The molecule has 152 valence electrons. The van der Waals surface area contributed by atoms with Gasteiger partial charge in [-0.15, -0.1) is 5.10 Å².